The Hall–Kier alpha value is -2.14. The number of aromatic hydroxyl groups is 1. The van der Waals surface area contributed by atoms with Crippen molar-refractivity contribution in [2.24, 2.45) is 0 Å². The van der Waals surface area contributed by atoms with Crippen LogP contribution in [-0.4, -0.2) is 16.0 Å². The third kappa shape index (κ3) is 2.82. The van der Waals surface area contributed by atoms with Gasteiger partial charge in [0.05, 0.1) is 11.3 Å². The Morgan fingerprint density at radius 2 is 2.16 bits per heavy atom. The molecule has 1 amide bonds. The van der Waals surface area contributed by atoms with Crippen molar-refractivity contribution in [3.8, 4) is 5.75 Å². The van der Waals surface area contributed by atoms with E-state index in [4.69, 9.17) is 11.6 Å². The molecule has 1 aromatic heterocycles. The number of phenolic OH excluding ortho intramolecular Hbond substituents is 1. The summed E-state index contributed by atoms with van der Waals surface area (Å²) in [4.78, 5) is 15.8. The first-order valence-corrected chi connectivity index (χ1v) is 5.78. The molecule has 0 radical (unpaired) electrons. The SMILES string of the molecule is Cc1ccnc(Cl)c1NC(=O)c1ccc(F)cc1O. The molecule has 6 heteroatoms. The molecule has 0 aliphatic rings. The zero-order valence-corrected chi connectivity index (χ0v) is 10.7. The van der Waals surface area contributed by atoms with Crippen molar-refractivity contribution in [1.29, 1.82) is 0 Å². The number of rotatable bonds is 2. The maximum Gasteiger partial charge on any atom is 0.259 e. The lowest BCUT2D eigenvalue weighted by Gasteiger charge is -2.10. The average molecular weight is 281 g/mol. The number of nitrogens with zero attached hydrogens (tertiary/aromatic N) is 1. The Morgan fingerprint density at radius 3 is 2.79 bits per heavy atom. The summed E-state index contributed by atoms with van der Waals surface area (Å²) in [7, 11) is 0. The monoisotopic (exact) mass is 280 g/mol. The van der Waals surface area contributed by atoms with Crippen LogP contribution in [-0.2, 0) is 0 Å². The fourth-order valence-electron chi connectivity index (χ4n) is 1.55. The van der Waals surface area contributed by atoms with Crippen molar-refractivity contribution in [2.45, 2.75) is 6.92 Å². The van der Waals surface area contributed by atoms with E-state index in [1.54, 1.807) is 13.0 Å². The molecule has 0 saturated carbocycles. The first-order valence-electron chi connectivity index (χ1n) is 5.40. The predicted molar refractivity (Wildman–Crippen MR) is 70.0 cm³/mol. The van der Waals surface area contributed by atoms with Crippen LogP contribution in [0.15, 0.2) is 30.5 Å². The first kappa shape index (κ1) is 13.3. The highest BCUT2D eigenvalue weighted by atomic mass is 35.5. The molecule has 0 atom stereocenters. The van der Waals surface area contributed by atoms with Gasteiger partial charge in [-0.2, -0.15) is 0 Å². The molecule has 1 heterocycles. The van der Waals surface area contributed by atoms with Gasteiger partial charge in [-0.25, -0.2) is 9.37 Å². The molecular formula is C13H10ClFN2O2. The summed E-state index contributed by atoms with van der Waals surface area (Å²) in [5.41, 5.74) is 1.05. The summed E-state index contributed by atoms with van der Waals surface area (Å²) in [6.45, 7) is 1.76. The van der Waals surface area contributed by atoms with Crippen LogP contribution in [0.4, 0.5) is 10.1 Å². The maximum atomic E-state index is 12.8. The Morgan fingerprint density at radius 1 is 1.42 bits per heavy atom. The molecule has 0 fully saturated rings. The Labute approximate surface area is 113 Å². The van der Waals surface area contributed by atoms with Gasteiger partial charge >= 0.3 is 0 Å². The van der Waals surface area contributed by atoms with Gasteiger partial charge < -0.3 is 10.4 Å². The Kier molecular flexibility index (Phi) is 3.66. The Bertz CT molecular complexity index is 626. The van der Waals surface area contributed by atoms with Crippen LogP contribution in [0.1, 0.15) is 15.9 Å². The van der Waals surface area contributed by atoms with E-state index in [1.807, 2.05) is 0 Å². The topological polar surface area (TPSA) is 62.2 Å². The lowest BCUT2D eigenvalue weighted by atomic mass is 10.1. The number of hydrogen-bond acceptors (Lipinski definition) is 3. The molecule has 0 spiro atoms. The van der Waals surface area contributed by atoms with Crippen molar-refractivity contribution >= 4 is 23.2 Å². The quantitative estimate of drug-likeness (QED) is 0.831. The van der Waals surface area contributed by atoms with Crippen molar-refractivity contribution in [2.75, 3.05) is 5.32 Å². The predicted octanol–water partition coefficient (Wildman–Crippen LogP) is 3.14. The minimum Gasteiger partial charge on any atom is -0.507 e. The van der Waals surface area contributed by atoms with E-state index in [-0.39, 0.29) is 10.7 Å². The van der Waals surface area contributed by atoms with E-state index < -0.39 is 17.5 Å². The zero-order valence-electron chi connectivity index (χ0n) is 9.95. The third-order valence-corrected chi connectivity index (χ3v) is 2.84. The molecule has 0 aliphatic carbocycles. The van der Waals surface area contributed by atoms with Gasteiger partial charge in [0, 0.05) is 12.3 Å². The van der Waals surface area contributed by atoms with E-state index in [0.717, 1.165) is 17.7 Å². The average Bonchev–Trinajstić information content (AvgIpc) is 2.33. The minimum atomic E-state index is -0.621. The highest BCUT2D eigenvalue weighted by Gasteiger charge is 2.15. The molecule has 0 bridgehead atoms. The number of aromatic nitrogens is 1. The van der Waals surface area contributed by atoms with Gasteiger partial charge in [0.15, 0.2) is 5.15 Å². The molecule has 1 aromatic carbocycles. The molecule has 0 unspecified atom stereocenters. The number of aryl methyl sites for hydroxylation is 1. The van der Waals surface area contributed by atoms with Crippen LogP contribution in [0, 0.1) is 12.7 Å². The highest BCUT2D eigenvalue weighted by molar-refractivity contribution is 6.32. The van der Waals surface area contributed by atoms with Gasteiger partial charge in [0.1, 0.15) is 11.6 Å². The van der Waals surface area contributed by atoms with Crippen LogP contribution >= 0.6 is 11.6 Å². The number of halogens is 2. The van der Waals surface area contributed by atoms with Gasteiger partial charge in [0.2, 0.25) is 0 Å². The molecule has 2 N–H and O–H groups in total. The van der Waals surface area contributed by atoms with E-state index in [0.29, 0.717) is 5.69 Å². The summed E-state index contributed by atoms with van der Waals surface area (Å²) >= 11 is 5.88. The number of amides is 1. The van der Waals surface area contributed by atoms with Crippen molar-refractivity contribution in [3.63, 3.8) is 0 Å². The van der Waals surface area contributed by atoms with E-state index in [9.17, 15) is 14.3 Å². The van der Waals surface area contributed by atoms with Crippen LogP contribution in [0.5, 0.6) is 5.75 Å². The van der Waals surface area contributed by atoms with Crippen molar-refractivity contribution in [1.82, 2.24) is 4.98 Å². The summed E-state index contributed by atoms with van der Waals surface area (Å²) in [5, 5.41) is 12.2. The van der Waals surface area contributed by atoms with Gasteiger partial charge in [-0.15, -0.1) is 0 Å². The number of phenols is 1. The molecule has 2 rings (SSSR count). The van der Waals surface area contributed by atoms with Crippen LogP contribution in [0.2, 0.25) is 5.15 Å². The standard InChI is InChI=1S/C13H10ClFN2O2/c1-7-4-5-16-12(14)11(7)17-13(19)9-3-2-8(15)6-10(9)18/h2-6,18H,1H3,(H,17,19). The number of anilines is 1. The molecule has 98 valence electrons. The normalized spacial score (nSPS) is 10.3. The lowest BCUT2D eigenvalue weighted by molar-refractivity contribution is 0.102. The summed E-state index contributed by atoms with van der Waals surface area (Å²) in [5.74, 6) is -1.64. The summed E-state index contributed by atoms with van der Waals surface area (Å²) in [6.07, 6.45) is 1.52. The van der Waals surface area contributed by atoms with Gasteiger partial charge in [-0.05, 0) is 30.7 Å². The molecule has 0 aliphatic heterocycles. The molecule has 2 aromatic rings. The maximum absolute atomic E-state index is 12.8. The molecule has 19 heavy (non-hydrogen) atoms. The smallest absolute Gasteiger partial charge is 0.259 e. The number of nitrogens with one attached hydrogen (secondary N) is 1. The number of pyridine rings is 1. The number of carbonyl (C=O) groups is 1. The van der Waals surface area contributed by atoms with Gasteiger partial charge in [-0.1, -0.05) is 11.6 Å². The van der Waals surface area contributed by atoms with Crippen molar-refractivity contribution in [3.05, 3.63) is 52.6 Å². The van der Waals surface area contributed by atoms with E-state index in [1.165, 1.54) is 12.3 Å². The molecular weight excluding hydrogens is 271 g/mol. The van der Waals surface area contributed by atoms with Crippen LogP contribution < -0.4 is 5.32 Å². The third-order valence-electron chi connectivity index (χ3n) is 2.56. The fourth-order valence-corrected chi connectivity index (χ4v) is 1.81. The number of benzene rings is 1. The number of hydrogen-bond donors (Lipinski definition) is 2. The second-order valence-electron chi connectivity index (χ2n) is 3.91. The second kappa shape index (κ2) is 5.24. The largest absolute Gasteiger partial charge is 0.507 e. The fraction of sp³-hybridized carbons (Fsp3) is 0.0769. The highest BCUT2D eigenvalue weighted by Crippen LogP contribution is 2.25. The van der Waals surface area contributed by atoms with Gasteiger partial charge in [-0.3, -0.25) is 4.79 Å². The first-order chi connectivity index (χ1) is 8.99. The Balaban J connectivity index is 2.31. The van der Waals surface area contributed by atoms with E-state index >= 15 is 0 Å². The summed E-state index contributed by atoms with van der Waals surface area (Å²) < 4.78 is 12.8. The zero-order chi connectivity index (χ0) is 14.0. The van der Waals surface area contributed by atoms with Crippen LogP contribution in [0.25, 0.3) is 0 Å². The van der Waals surface area contributed by atoms with Gasteiger partial charge in [0.25, 0.3) is 5.91 Å². The lowest BCUT2D eigenvalue weighted by Crippen LogP contribution is -2.13. The number of carbonyl (C=O) groups excluding carboxylic acids is 1. The molecule has 0 saturated heterocycles. The second-order valence-corrected chi connectivity index (χ2v) is 4.27. The van der Waals surface area contributed by atoms with Crippen LogP contribution in [0.3, 0.4) is 0 Å². The van der Waals surface area contributed by atoms with Crippen molar-refractivity contribution < 1.29 is 14.3 Å². The van der Waals surface area contributed by atoms with E-state index in [2.05, 4.69) is 10.3 Å². The summed E-state index contributed by atoms with van der Waals surface area (Å²) in [6, 6.07) is 4.84. The molecule has 4 nitrogen and oxygen atoms in total. The minimum absolute atomic E-state index is 0.0410.